The smallest absolute Gasteiger partial charge is 0.252 e. The van der Waals surface area contributed by atoms with Gasteiger partial charge in [0.05, 0.1) is 16.5 Å². The third-order valence-corrected chi connectivity index (χ3v) is 6.25. The van der Waals surface area contributed by atoms with Crippen molar-refractivity contribution < 1.29 is 13.2 Å². The van der Waals surface area contributed by atoms with E-state index < -0.39 is 10.0 Å². The van der Waals surface area contributed by atoms with Crippen LogP contribution in [0.5, 0.6) is 0 Å². The van der Waals surface area contributed by atoms with Gasteiger partial charge in [-0.1, -0.05) is 30.3 Å². The lowest BCUT2D eigenvalue weighted by Crippen LogP contribution is -2.28. The van der Waals surface area contributed by atoms with E-state index >= 15 is 0 Å². The van der Waals surface area contributed by atoms with Crippen molar-refractivity contribution in [2.24, 2.45) is 0 Å². The molecule has 2 aromatic rings. The first-order chi connectivity index (χ1) is 11.9. The van der Waals surface area contributed by atoms with Gasteiger partial charge in [0.1, 0.15) is 0 Å². The molecule has 2 aromatic carbocycles. The predicted octanol–water partition coefficient (Wildman–Crippen LogP) is 3.38. The van der Waals surface area contributed by atoms with Gasteiger partial charge < -0.3 is 5.32 Å². The lowest BCUT2D eigenvalue weighted by atomic mass is 10.1. The molecule has 0 bridgehead atoms. The first kappa shape index (κ1) is 18.1. The molecule has 7 heteroatoms. The number of rotatable bonds is 6. The number of carbonyl (C=O) groups excluding carboxylic acids is 1. The SMILES string of the molecule is CC(NC(=O)c1cc(S(=O)(=O)NC2CC2)ccc1Br)c1ccccc1. The summed E-state index contributed by atoms with van der Waals surface area (Å²) in [6.45, 7) is 1.89. The molecule has 2 N–H and O–H groups in total. The Bertz CT molecular complexity index is 880. The van der Waals surface area contributed by atoms with Crippen LogP contribution < -0.4 is 10.0 Å². The van der Waals surface area contributed by atoms with Crippen molar-refractivity contribution in [3.63, 3.8) is 0 Å². The summed E-state index contributed by atoms with van der Waals surface area (Å²) in [7, 11) is -3.60. The van der Waals surface area contributed by atoms with Crippen LogP contribution in [0.4, 0.5) is 0 Å². The molecule has 132 valence electrons. The zero-order valence-corrected chi connectivity index (χ0v) is 16.1. The van der Waals surface area contributed by atoms with E-state index in [1.807, 2.05) is 37.3 Å². The van der Waals surface area contributed by atoms with Gasteiger partial charge >= 0.3 is 0 Å². The van der Waals surface area contributed by atoms with Crippen LogP contribution in [0.15, 0.2) is 57.9 Å². The third kappa shape index (κ3) is 4.48. The van der Waals surface area contributed by atoms with Gasteiger partial charge in [0.2, 0.25) is 10.0 Å². The number of carbonyl (C=O) groups is 1. The van der Waals surface area contributed by atoms with Crippen molar-refractivity contribution in [2.75, 3.05) is 0 Å². The average Bonchev–Trinajstić information content (AvgIpc) is 3.39. The summed E-state index contributed by atoms with van der Waals surface area (Å²) in [5, 5.41) is 2.90. The predicted molar refractivity (Wildman–Crippen MR) is 99.8 cm³/mol. The summed E-state index contributed by atoms with van der Waals surface area (Å²) < 4.78 is 27.9. The molecule has 3 rings (SSSR count). The van der Waals surface area contributed by atoms with Gasteiger partial charge in [0.15, 0.2) is 0 Å². The minimum atomic E-state index is -3.60. The maximum Gasteiger partial charge on any atom is 0.252 e. The normalized spacial score (nSPS) is 15.6. The molecule has 1 atom stereocenters. The van der Waals surface area contributed by atoms with Crippen molar-refractivity contribution in [2.45, 2.75) is 36.7 Å². The van der Waals surface area contributed by atoms with Crippen LogP contribution >= 0.6 is 15.9 Å². The maximum absolute atomic E-state index is 12.6. The molecule has 25 heavy (non-hydrogen) atoms. The monoisotopic (exact) mass is 422 g/mol. The Hall–Kier alpha value is -1.70. The van der Waals surface area contributed by atoms with Crippen molar-refractivity contribution >= 4 is 31.9 Å². The third-order valence-electron chi connectivity index (χ3n) is 4.04. The van der Waals surface area contributed by atoms with Crippen molar-refractivity contribution in [1.82, 2.24) is 10.0 Å². The van der Waals surface area contributed by atoms with Crippen molar-refractivity contribution in [3.8, 4) is 0 Å². The maximum atomic E-state index is 12.6. The number of amides is 1. The van der Waals surface area contributed by atoms with Crippen LogP contribution in [0.1, 0.15) is 41.7 Å². The number of nitrogens with one attached hydrogen (secondary N) is 2. The molecule has 1 aliphatic rings. The fourth-order valence-electron chi connectivity index (χ4n) is 2.43. The zero-order chi connectivity index (χ0) is 18.0. The molecule has 0 saturated heterocycles. The van der Waals surface area contributed by atoms with Crippen LogP contribution in [-0.4, -0.2) is 20.4 Å². The molecule has 0 heterocycles. The first-order valence-corrected chi connectivity index (χ1v) is 10.3. The molecule has 0 radical (unpaired) electrons. The van der Waals surface area contributed by atoms with E-state index in [0.29, 0.717) is 10.0 Å². The molecule has 0 aromatic heterocycles. The Morgan fingerprint density at radius 1 is 1.16 bits per heavy atom. The molecular formula is C18H19BrN2O3S. The number of hydrogen-bond donors (Lipinski definition) is 2. The fraction of sp³-hybridized carbons (Fsp3) is 0.278. The number of benzene rings is 2. The first-order valence-electron chi connectivity index (χ1n) is 8.04. The van der Waals surface area contributed by atoms with Gasteiger partial charge in [0, 0.05) is 10.5 Å². The standard InChI is InChI=1S/C18H19BrN2O3S/c1-12(13-5-3-2-4-6-13)20-18(22)16-11-15(9-10-17(16)19)25(23,24)21-14-7-8-14/h2-6,9-12,14,21H,7-8H2,1H3,(H,20,22). The summed E-state index contributed by atoms with van der Waals surface area (Å²) in [4.78, 5) is 12.7. The average molecular weight is 423 g/mol. The second kappa shape index (κ2) is 7.27. The molecule has 1 fully saturated rings. The van der Waals surface area contributed by atoms with Gasteiger partial charge in [-0.3, -0.25) is 4.79 Å². The summed E-state index contributed by atoms with van der Waals surface area (Å²) in [6.07, 6.45) is 1.72. The lowest BCUT2D eigenvalue weighted by molar-refractivity contribution is 0.0939. The molecular weight excluding hydrogens is 404 g/mol. The Labute approximate surface area is 156 Å². The van der Waals surface area contributed by atoms with E-state index in [-0.39, 0.29) is 22.9 Å². The van der Waals surface area contributed by atoms with E-state index in [2.05, 4.69) is 26.0 Å². The minimum Gasteiger partial charge on any atom is -0.345 e. The van der Waals surface area contributed by atoms with Crippen LogP contribution in [-0.2, 0) is 10.0 Å². The Morgan fingerprint density at radius 2 is 1.84 bits per heavy atom. The van der Waals surface area contributed by atoms with Gasteiger partial charge in [-0.25, -0.2) is 13.1 Å². The highest BCUT2D eigenvalue weighted by molar-refractivity contribution is 9.10. The van der Waals surface area contributed by atoms with Crippen LogP contribution in [0.25, 0.3) is 0 Å². The van der Waals surface area contributed by atoms with E-state index in [1.54, 1.807) is 6.07 Å². The summed E-state index contributed by atoms with van der Waals surface area (Å²) in [6, 6.07) is 13.9. The van der Waals surface area contributed by atoms with Gasteiger partial charge in [-0.15, -0.1) is 0 Å². The lowest BCUT2D eigenvalue weighted by Gasteiger charge is -2.15. The molecule has 1 aliphatic carbocycles. The number of sulfonamides is 1. The van der Waals surface area contributed by atoms with Crippen molar-refractivity contribution in [3.05, 3.63) is 64.1 Å². The van der Waals surface area contributed by atoms with Crippen LogP contribution in [0, 0.1) is 0 Å². The zero-order valence-electron chi connectivity index (χ0n) is 13.7. The highest BCUT2D eigenvalue weighted by atomic mass is 79.9. The summed E-state index contributed by atoms with van der Waals surface area (Å²) >= 11 is 3.33. The van der Waals surface area contributed by atoms with Crippen LogP contribution in [0.3, 0.4) is 0 Å². The minimum absolute atomic E-state index is 0.0176. The topological polar surface area (TPSA) is 75.3 Å². The molecule has 1 saturated carbocycles. The van der Waals surface area contributed by atoms with E-state index in [9.17, 15) is 13.2 Å². The second-order valence-corrected chi connectivity index (χ2v) is 8.71. The summed E-state index contributed by atoms with van der Waals surface area (Å²) in [5.74, 6) is -0.327. The second-order valence-electron chi connectivity index (χ2n) is 6.14. The number of halogens is 1. The molecule has 0 spiro atoms. The quantitative estimate of drug-likeness (QED) is 0.748. The van der Waals surface area contributed by atoms with Gasteiger partial charge in [-0.2, -0.15) is 0 Å². The summed E-state index contributed by atoms with van der Waals surface area (Å²) in [5.41, 5.74) is 1.27. The Kier molecular flexibility index (Phi) is 5.27. The molecule has 0 aliphatic heterocycles. The van der Waals surface area contributed by atoms with Gasteiger partial charge in [-0.05, 0) is 59.5 Å². The van der Waals surface area contributed by atoms with E-state index in [0.717, 1.165) is 18.4 Å². The van der Waals surface area contributed by atoms with E-state index in [4.69, 9.17) is 0 Å². The highest BCUT2D eigenvalue weighted by Crippen LogP contribution is 2.25. The van der Waals surface area contributed by atoms with E-state index in [1.165, 1.54) is 12.1 Å². The number of hydrogen-bond acceptors (Lipinski definition) is 3. The van der Waals surface area contributed by atoms with Gasteiger partial charge in [0.25, 0.3) is 5.91 Å². The largest absolute Gasteiger partial charge is 0.345 e. The molecule has 1 amide bonds. The Morgan fingerprint density at radius 3 is 2.48 bits per heavy atom. The fourth-order valence-corrected chi connectivity index (χ4v) is 4.19. The van der Waals surface area contributed by atoms with Crippen molar-refractivity contribution in [1.29, 1.82) is 0 Å². The Balaban J connectivity index is 1.81. The molecule has 1 unspecified atom stereocenters. The highest BCUT2D eigenvalue weighted by Gasteiger charge is 2.28. The van der Waals surface area contributed by atoms with Crippen LogP contribution in [0.2, 0.25) is 0 Å². The molecule has 5 nitrogen and oxygen atoms in total.